The Kier molecular flexibility index (Phi) is 6.06. The maximum Gasteiger partial charge on any atom is 0.234 e. The molecule has 0 unspecified atom stereocenters. The number of hydrogen-bond acceptors (Lipinski definition) is 5. The zero-order valence-corrected chi connectivity index (χ0v) is 17.7. The van der Waals surface area contributed by atoms with E-state index in [4.69, 9.17) is 11.6 Å². The molecule has 2 heterocycles. The molecule has 6 nitrogen and oxygen atoms in total. The van der Waals surface area contributed by atoms with E-state index in [9.17, 15) is 4.79 Å². The molecule has 0 aliphatic carbocycles. The number of hydrogen-bond donors (Lipinski definition) is 1. The summed E-state index contributed by atoms with van der Waals surface area (Å²) >= 11 is 7.41. The van der Waals surface area contributed by atoms with Gasteiger partial charge in [-0.1, -0.05) is 29.4 Å². The highest BCUT2D eigenvalue weighted by Gasteiger charge is 2.15. The summed E-state index contributed by atoms with van der Waals surface area (Å²) in [6.45, 7) is 4.24. The van der Waals surface area contributed by atoms with Crippen molar-refractivity contribution < 1.29 is 4.79 Å². The number of carbonyl (C=O) groups excluding carboxylic acids is 1. The molecule has 29 heavy (non-hydrogen) atoms. The van der Waals surface area contributed by atoms with Crippen molar-refractivity contribution >= 4 is 40.6 Å². The fourth-order valence-electron chi connectivity index (χ4n) is 3.40. The molecule has 0 bridgehead atoms. The maximum absolute atomic E-state index is 12.5. The highest BCUT2D eigenvalue weighted by atomic mass is 35.5. The van der Waals surface area contributed by atoms with Gasteiger partial charge in [-0.05, 0) is 61.7 Å². The van der Waals surface area contributed by atoms with E-state index in [2.05, 4.69) is 32.5 Å². The van der Waals surface area contributed by atoms with E-state index in [0.717, 1.165) is 30.0 Å². The number of aromatic nitrogens is 3. The summed E-state index contributed by atoms with van der Waals surface area (Å²) in [6, 6.07) is 13.6. The van der Waals surface area contributed by atoms with Crippen LogP contribution in [0.2, 0.25) is 5.02 Å². The minimum Gasteiger partial charge on any atom is -0.372 e. The number of nitrogens with one attached hydrogen (secondary N) is 1. The minimum absolute atomic E-state index is 0.0762. The van der Waals surface area contributed by atoms with Gasteiger partial charge in [-0.3, -0.25) is 9.36 Å². The fourth-order valence-corrected chi connectivity index (χ4v) is 4.32. The first kappa shape index (κ1) is 19.8. The van der Waals surface area contributed by atoms with Crippen LogP contribution in [0.5, 0.6) is 0 Å². The van der Waals surface area contributed by atoms with Crippen molar-refractivity contribution in [2.75, 3.05) is 29.1 Å². The number of benzene rings is 2. The Hall–Kier alpha value is -2.51. The van der Waals surface area contributed by atoms with Crippen molar-refractivity contribution in [1.82, 2.24) is 14.8 Å². The van der Waals surface area contributed by atoms with E-state index >= 15 is 0 Å². The SMILES string of the molecule is Cc1cc(N2CCCC2)ccc1NC(=O)CSc1nncn1-c1cccc(Cl)c1. The number of aryl methyl sites for hydroxylation is 1. The van der Waals surface area contributed by atoms with Gasteiger partial charge in [0.1, 0.15) is 6.33 Å². The lowest BCUT2D eigenvalue weighted by molar-refractivity contribution is -0.113. The van der Waals surface area contributed by atoms with Crippen LogP contribution in [0.1, 0.15) is 18.4 Å². The Morgan fingerprint density at radius 3 is 2.76 bits per heavy atom. The van der Waals surface area contributed by atoms with Gasteiger partial charge >= 0.3 is 0 Å². The van der Waals surface area contributed by atoms with Gasteiger partial charge in [-0.25, -0.2) is 0 Å². The van der Waals surface area contributed by atoms with E-state index < -0.39 is 0 Å². The Bertz CT molecular complexity index is 1020. The van der Waals surface area contributed by atoms with Gasteiger partial charge in [0.05, 0.1) is 11.4 Å². The van der Waals surface area contributed by atoms with Gasteiger partial charge in [0.15, 0.2) is 5.16 Å². The molecule has 8 heteroatoms. The Morgan fingerprint density at radius 1 is 1.17 bits per heavy atom. The number of rotatable bonds is 6. The molecule has 1 amide bonds. The molecular formula is C21H22ClN5OS. The number of carbonyl (C=O) groups is 1. The Balaban J connectivity index is 1.38. The topological polar surface area (TPSA) is 63.1 Å². The van der Waals surface area contributed by atoms with E-state index in [1.54, 1.807) is 6.33 Å². The van der Waals surface area contributed by atoms with E-state index in [-0.39, 0.29) is 11.7 Å². The Labute approximate surface area is 179 Å². The summed E-state index contributed by atoms with van der Waals surface area (Å²) in [4.78, 5) is 14.9. The molecular weight excluding hydrogens is 406 g/mol. The minimum atomic E-state index is -0.0762. The van der Waals surface area contributed by atoms with Crippen LogP contribution in [-0.4, -0.2) is 39.5 Å². The molecule has 0 radical (unpaired) electrons. The van der Waals surface area contributed by atoms with Crippen molar-refractivity contribution in [2.24, 2.45) is 0 Å². The second-order valence-electron chi connectivity index (χ2n) is 6.99. The monoisotopic (exact) mass is 427 g/mol. The van der Waals surface area contributed by atoms with Crippen LogP contribution in [0.4, 0.5) is 11.4 Å². The van der Waals surface area contributed by atoms with Gasteiger partial charge in [0.2, 0.25) is 5.91 Å². The number of anilines is 2. The van der Waals surface area contributed by atoms with E-state index in [0.29, 0.717) is 10.2 Å². The second kappa shape index (κ2) is 8.88. The standard InChI is InChI=1S/C21H22ClN5OS/c1-15-11-17(26-9-2-3-10-26)7-8-19(15)24-20(28)13-29-21-25-23-14-27(21)18-6-4-5-16(22)12-18/h4-8,11-12,14H,2-3,9-10,13H2,1H3,(H,24,28). The smallest absolute Gasteiger partial charge is 0.234 e. The highest BCUT2D eigenvalue weighted by Crippen LogP contribution is 2.26. The highest BCUT2D eigenvalue weighted by molar-refractivity contribution is 7.99. The summed E-state index contributed by atoms with van der Waals surface area (Å²) in [7, 11) is 0. The molecule has 0 saturated carbocycles. The molecule has 0 spiro atoms. The molecule has 4 rings (SSSR count). The van der Waals surface area contributed by atoms with Crippen LogP contribution in [0.3, 0.4) is 0 Å². The molecule has 1 aliphatic rings. The van der Waals surface area contributed by atoms with Crippen molar-refractivity contribution in [2.45, 2.75) is 24.9 Å². The first-order chi connectivity index (χ1) is 14.1. The molecule has 1 aliphatic heterocycles. The first-order valence-corrected chi connectivity index (χ1v) is 10.9. The zero-order chi connectivity index (χ0) is 20.2. The number of amides is 1. The number of halogens is 1. The van der Waals surface area contributed by atoms with Crippen molar-refractivity contribution in [1.29, 1.82) is 0 Å². The molecule has 1 fully saturated rings. The summed E-state index contributed by atoms with van der Waals surface area (Å²) in [5.74, 6) is 0.166. The van der Waals surface area contributed by atoms with E-state index in [1.807, 2.05) is 41.8 Å². The van der Waals surface area contributed by atoms with Gasteiger partial charge in [0, 0.05) is 29.5 Å². The molecule has 1 aromatic heterocycles. The molecule has 2 aromatic carbocycles. The van der Waals surface area contributed by atoms with Gasteiger partial charge in [0.25, 0.3) is 0 Å². The molecule has 3 aromatic rings. The van der Waals surface area contributed by atoms with Gasteiger partial charge in [-0.2, -0.15) is 0 Å². The normalized spacial score (nSPS) is 13.7. The van der Waals surface area contributed by atoms with Crippen LogP contribution in [0.15, 0.2) is 53.9 Å². The van der Waals surface area contributed by atoms with Crippen LogP contribution < -0.4 is 10.2 Å². The maximum atomic E-state index is 12.5. The summed E-state index contributed by atoms with van der Waals surface area (Å²) < 4.78 is 1.82. The molecule has 1 N–H and O–H groups in total. The quantitative estimate of drug-likeness (QED) is 0.584. The number of nitrogens with zero attached hydrogens (tertiary/aromatic N) is 4. The largest absolute Gasteiger partial charge is 0.372 e. The third-order valence-corrected chi connectivity index (χ3v) is 6.07. The van der Waals surface area contributed by atoms with Gasteiger partial charge < -0.3 is 10.2 Å². The van der Waals surface area contributed by atoms with Crippen molar-refractivity contribution in [3.8, 4) is 5.69 Å². The first-order valence-electron chi connectivity index (χ1n) is 9.54. The lowest BCUT2D eigenvalue weighted by atomic mass is 10.1. The third-order valence-electron chi connectivity index (χ3n) is 4.89. The average molecular weight is 428 g/mol. The molecule has 1 saturated heterocycles. The molecule has 0 atom stereocenters. The predicted octanol–water partition coefficient (Wildman–Crippen LogP) is 4.56. The molecule has 150 valence electrons. The van der Waals surface area contributed by atoms with Crippen LogP contribution >= 0.6 is 23.4 Å². The van der Waals surface area contributed by atoms with E-state index in [1.165, 1.54) is 30.3 Å². The Morgan fingerprint density at radius 2 is 2.00 bits per heavy atom. The van der Waals surface area contributed by atoms with Gasteiger partial charge in [-0.15, -0.1) is 10.2 Å². The van der Waals surface area contributed by atoms with Crippen LogP contribution in [0.25, 0.3) is 5.69 Å². The second-order valence-corrected chi connectivity index (χ2v) is 8.37. The van der Waals surface area contributed by atoms with Crippen LogP contribution in [-0.2, 0) is 4.79 Å². The lowest BCUT2D eigenvalue weighted by Gasteiger charge is -2.19. The third kappa shape index (κ3) is 4.74. The van der Waals surface area contributed by atoms with Crippen molar-refractivity contribution in [3.05, 3.63) is 59.4 Å². The predicted molar refractivity (Wildman–Crippen MR) is 118 cm³/mol. The number of thioether (sulfide) groups is 1. The lowest BCUT2D eigenvalue weighted by Crippen LogP contribution is -2.18. The zero-order valence-electron chi connectivity index (χ0n) is 16.1. The van der Waals surface area contributed by atoms with Crippen molar-refractivity contribution in [3.63, 3.8) is 0 Å². The average Bonchev–Trinajstić information content (AvgIpc) is 3.40. The summed E-state index contributed by atoms with van der Waals surface area (Å²) in [5.41, 5.74) is 3.99. The summed E-state index contributed by atoms with van der Waals surface area (Å²) in [5, 5.41) is 12.4. The van der Waals surface area contributed by atoms with Crippen LogP contribution in [0, 0.1) is 6.92 Å². The fraction of sp³-hybridized carbons (Fsp3) is 0.286. The summed E-state index contributed by atoms with van der Waals surface area (Å²) in [6.07, 6.45) is 4.11.